The Kier molecular flexibility index (Phi) is 4.73. The Balaban J connectivity index is 1.62. The Bertz CT molecular complexity index is 681. The molecule has 2 aliphatic rings. The van der Waals surface area contributed by atoms with E-state index in [1.165, 1.54) is 0 Å². The Morgan fingerprint density at radius 3 is 2.96 bits per heavy atom. The summed E-state index contributed by atoms with van der Waals surface area (Å²) in [6.45, 7) is 1.39. The molecule has 8 nitrogen and oxygen atoms in total. The smallest absolute Gasteiger partial charge is 0.326 e. The van der Waals surface area contributed by atoms with Crippen LogP contribution in [0.1, 0.15) is 38.3 Å². The van der Waals surface area contributed by atoms with Crippen LogP contribution < -0.4 is 5.32 Å². The summed E-state index contributed by atoms with van der Waals surface area (Å²) in [5, 5.41) is 6.52. The maximum Gasteiger partial charge on any atom is 0.326 e. The van der Waals surface area contributed by atoms with E-state index in [-0.39, 0.29) is 18.4 Å². The number of nitrogens with one attached hydrogen (secondary N) is 1. The fourth-order valence-corrected chi connectivity index (χ4v) is 3.85. The number of rotatable bonds is 4. The predicted molar refractivity (Wildman–Crippen MR) is 85.3 cm³/mol. The normalized spacial score (nSPS) is 26.8. The molecule has 2 fully saturated rings. The lowest BCUT2D eigenvalue weighted by molar-refractivity contribution is -0.149. The Labute approximate surface area is 147 Å². The number of carbonyl (C=O) groups is 3. The first-order chi connectivity index (χ1) is 11.4. The van der Waals surface area contributed by atoms with E-state index in [1.54, 1.807) is 0 Å². The number of esters is 1. The van der Waals surface area contributed by atoms with Crippen molar-refractivity contribution < 1.29 is 19.1 Å². The molecule has 130 valence electrons. The number of aromatic nitrogens is 2. The number of amides is 3. The van der Waals surface area contributed by atoms with Crippen LogP contribution in [0.2, 0.25) is 4.34 Å². The second kappa shape index (κ2) is 6.64. The Morgan fingerprint density at radius 1 is 1.50 bits per heavy atom. The molecule has 1 spiro atoms. The third-order valence-electron chi connectivity index (χ3n) is 4.67. The number of imide groups is 1. The van der Waals surface area contributed by atoms with Gasteiger partial charge in [0, 0.05) is 11.5 Å². The summed E-state index contributed by atoms with van der Waals surface area (Å²) in [7, 11) is 0. The van der Waals surface area contributed by atoms with Crippen LogP contribution in [0.15, 0.2) is 0 Å². The second-order valence-corrected chi connectivity index (χ2v) is 7.45. The molecular weight excluding hydrogens is 356 g/mol. The third-order valence-corrected chi connectivity index (χ3v) is 5.65. The molecule has 1 saturated carbocycles. The lowest BCUT2D eigenvalue weighted by Crippen LogP contribution is -2.54. The van der Waals surface area contributed by atoms with E-state index in [1.807, 2.05) is 6.92 Å². The summed E-state index contributed by atoms with van der Waals surface area (Å²) in [5.74, 6) is -0.989. The van der Waals surface area contributed by atoms with Crippen LogP contribution in [0.5, 0.6) is 0 Å². The minimum Gasteiger partial charge on any atom is -0.458 e. The van der Waals surface area contributed by atoms with Gasteiger partial charge in [-0.3, -0.25) is 14.5 Å². The summed E-state index contributed by atoms with van der Waals surface area (Å²) in [6.07, 6.45) is 3.39. The van der Waals surface area contributed by atoms with Gasteiger partial charge >= 0.3 is 12.0 Å². The highest BCUT2D eigenvalue weighted by Gasteiger charge is 2.55. The van der Waals surface area contributed by atoms with E-state index >= 15 is 0 Å². The van der Waals surface area contributed by atoms with Crippen molar-refractivity contribution in [1.29, 1.82) is 0 Å². The molecular formula is C14H17ClN4O4S. The number of ether oxygens (including phenoxy) is 1. The zero-order chi connectivity index (χ0) is 17.3. The maximum atomic E-state index is 12.7. The van der Waals surface area contributed by atoms with Crippen molar-refractivity contribution in [3.63, 3.8) is 0 Å². The number of nitrogens with zero attached hydrogens (tertiary/aromatic N) is 3. The topological polar surface area (TPSA) is 101 Å². The number of hydrogen-bond donors (Lipinski definition) is 1. The first-order valence-corrected chi connectivity index (χ1v) is 8.85. The largest absolute Gasteiger partial charge is 0.458 e. The maximum absolute atomic E-state index is 12.7. The van der Waals surface area contributed by atoms with Crippen molar-refractivity contribution in [2.45, 2.75) is 44.8 Å². The highest BCUT2D eigenvalue weighted by molar-refractivity contribution is 7.10. The molecule has 1 aromatic rings. The number of carbonyl (C=O) groups excluding carboxylic acids is 3. The summed E-state index contributed by atoms with van der Waals surface area (Å²) in [5.41, 5.74) is -0.526. The lowest BCUT2D eigenvalue weighted by atomic mass is 9.73. The molecule has 0 bridgehead atoms. The van der Waals surface area contributed by atoms with Gasteiger partial charge in [0.2, 0.25) is 0 Å². The zero-order valence-electron chi connectivity index (χ0n) is 13.1. The summed E-state index contributed by atoms with van der Waals surface area (Å²) < 4.78 is 9.01. The van der Waals surface area contributed by atoms with Crippen molar-refractivity contribution in [2.24, 2.45) is 5.92 Å². The molecule has 1 aliphatic carbocycles. The second-order valence-electron chi connectivity index (χ2n) is 6.09. The van der Waals surface area contributed by atoms with E-state index in [9.17, 15) is 14.4 Å². The predicted octanol–water partition coefficient (Wildman–Crippen LogP) is 1.74. The summed E-state index contributed by atoms with van der Waals surface area (Å²) >= 11 is 6.82. The average Bonchev–Trinajstić information content (AvgIpc) is 3.06. The number of halogens is 1. The molecule has 3 amide bonds. The molecule has 10 heteroatoms. The summed E-state index contributed by atoms with van der Waals surface area (Å²) in [6, 6.07) is -0.543. The minimum atomic E-state index is -0.877. The van der Waals surface area contributed by atoms with E-state index in [0.29, 0.717) is 16.5 Å². The molecule has 1 saturated heterocycles. The monoisotopic (exact) mass is 372 g/mol. The van der Waals surface area contributed by atoms with E-state index in [4.69, 9.17) is 16.3 Å². The van der Waals surface area contributed by atoms with Crippen LogP contribution >= 0.6 is 23.1 Å². The molecule has 0 radical (unpaired) electrons. The van der Waals surface area contributed by atoms with Crippen molar-refractivity contribution in [3.05, 3.63) is 10.0 Å². The van der Waals surface area contributed by atoms with E-state index in [2.05, 4.69) is 14.9 Å². The van der Waals surface area contributed by atoms with Crippen molar-refractivity contribution >= 4 is 41.0 Å². The van der Waals surface area contributed by atoms with Gasteiger partial charge < -0.3 is 10.1 Å². The van der Waals surface area contributed by atoms with Crippen molar-refractivity contribution in [1.82, 2.24) is 19.8 Å². The highest BCUT2D eigenvalue weighted by Crippen LogP contribution is 2.38. The molecule has 3 rings (SSSR count). The van der Waals surface area contributed by atoms with Crippen LogP contribution in [0.25, 0.3) is 0 Å². The van der Waals surface area contributed by atoms with Crippen LogP contribution in [0, 0.1) is 5.92 Å². The van der Waals surface area contributed by atoms with E-state index in [0.717, 1.165) is 35.7 Å². The average molecular weight is 373 g/mol. The van der Waals surface area contributed by atoms with Crippen LogP contribution in [-0.2, 0) is 20.9 Å². The first-order valence-electron chi connectivity index (χ1n) is 7.70. The van der Waals surface area contributed by atoms with Gasteiger partial charge in [-0.2, -0.15) is 0 Å². The number of urea groups is 1. The quantitative estimate of drug-likeness (QED) is 0.638. The van der Waals surface area contributed by atoms with Crippen molar-refractivity contribution in [3.8, 4) is 0 Å². The standard InChI is InChI=1S/C14H17ClN4O4S/c1-8-4-2-3-5-14(8)12(21)19(13(22)16-14)6-10(20)23-7-9-11(15)24-18-17-9/h8H,2-7H2,1H3,(H,16,22)/t8-,14-/m0/s1. The van der Waals surface area contributed by atoms with Gasteiger partial charge in [-0.1, -0.05) is 35.9 Å². The zero-order valence-corrected chi connectivity index (χ0v) is 14.7. The lowest BCUT2D eigenvalue weighted by Gasteiger charge is -2.36. The van der Waals surface area contributed by atoms with Gasteiger partial charge in [-0.25, -0.2) is 4.79 Å². The van der Waals surface area contributed by atoms with Gasteiger partial charge in [-0.15, -0.1) is 5.10 Å². The van der Waals surface area contributed by atoms with Crippen LogP contribution in [-0.4, -0.2) is 44.5 Å². The van der Waals surface area contributed by atoms with E-state index < -0.39 is 24.1 Å². The third kappa shape index (κ3) is 2.98. The van der Waals surface area contributed by atoms with Crippen molar-refractivity contribution in [2.75, 3.05) is 6.54 Å². The molecule has 2 atom stereocenters. The fourth-order valence-electron chi connectivity index (χ4n) is 3.25. The molecule has 2 heterocycles. The first kappa shape index (κ1) is 17.1. The van der Waals surface area contributed by atoms with Gasteiger partial charge in [0.1, 0.15) is 28.7 Å². The minimum absolute atomic E-state index is 0.0450. The molecule has 1 N–H and O–H groups in total. The van der Waals surface area contributed by atoms with Crippen LogP contribution in [0.3, 0.4) is 0 Å². The van der Waals surface area contributed by atoms with Crippen LogP contribution in [0.4, 0.5) is 4.79 Å². The fraction of sp³-hybridized carbons (Fsp3) is 0.643. The molecule has 24 heavy (non-hydrogen) atoms. The van der Waals surface area contributed by atoms with Gasteiger partial charge in [0.25, 0.3) is 5.91 Å². The molecule has 0 aromatic carbocycles. The number of hydrogen-bond acceptors (Lipinski definition) is 7. The molecule has 1 aliphatic heterocycles. The Morgan fingerprint density at radius 2 is 2.29 bits per heavy atom. The SMILES string of the molecule is C[C@H]1CCCC[C@]12NC(=O)N(CC(=O)OCc1nnsc1Cl)C2=O. The van der Waals surface area contributed by atoms with Gasteiger partial charge in [0.15, 0.2) is 0 Å². The van der Waals surface area contributed by atoms with Gasteiger partial charge in [0.05, 0.1) is 0 Å². The highest BCUT2D eigenvalue weighted by atomic mass is 35.5. The molecule has 1 aromatic heterocycles. The van der Waals surface area contributed by atoms with Gasteiger partial charge in [-0.05, 0) is 18.8 Å². The Hall–Kier alpha value is -1.74. The molecule has 0 unspecified atom stereocenters. The summed E-state index contributed by atoms with van der Waals surface area (Å²) in [4.78, 5) is 37.8.